The molecular formula is C60H55NO. The highest BCUT2D eigenvalue weighted by Crippen LogP contribution is 2.58. The van der Waals surface area contributed by atoms with Gasteiger partial charge >= 0.3 is 0 Å². The molecule has 0 radical (unpaired) electrons. The average Bonchev–Trinajstić information content (AvgIpc) is 3.72. The fraction of sp³-hybridized carbons (Fsp3) is 0.200. The molecule has 8 aromatic rings. The van der Waals surface area contributed by atoms with Crippen LogP contribution in [0.4, 0.5) is 17.1 Å². The molecule has 2 atom stereocenters. The van der Waals surface area contributed by atoms with Gasteiger partial charge in [-0.05, 0) is 145 Å². The minimum Gasteiger partial charge on any atom is -0.457 e. The zero-order valence-electron chi connectivity index (χ0n) is 37.0. The van der Waals surface area contributed by atoms with Crippen LogP contribution < -0.4 is 9.64 Å². The van der Waals surface area contributed by atoms with E-state index in [0.29, 0.717) is 5.92 Å². The van der Waals surface area contributed by atoms with Crippen LogP contribution in [-0.2, 0) is 16.2 Å². The van der Waals surface area contributed by atoms with E-state index in [1.807, 2.05) is 0 Å². The van der Waals surface area contributed by atoms with Gasteiger partial charge in [0, 0.05) is 22.5 Å². The van der Waals surface area contributed by atoms with Crippen LogP contribution >= 0.6 is 0 Å². The standard InChI is InChI=1S/C60H55NO/c1-8-40(2)41-22-32-48(33-23-41)62-49-34-28-44(29-35-49)60(43-26-24-42(25-27-43)58(3,4)5)55-21-15-13-19-51(55)53-37-31-47(39-57(53)60)61(45-16-10-9-11-17-45)46-30-36-52-50-18-12-14-20-54(50)59(6,7)56(52)38-46/h9-40H,8H2,1-7H3. The van der Waals surface area contributed by atoms with Gasteiger partial charge in [0.15, 0.2) is 0 Å². The third-order valence-corrected chi connectivity index (χ3v) is 13.9. The number of benzene rings is 8. The van der Waals surface area contributed by atoms with Gasteiger partial charge in [-0.2, -0.15) is 0 Å². The molecule has 0 heterocycles. The van der Waals surface area contributed by atoms with E-state index in [-0.39, 0.29) is 10.8 Å². The lowest BCUT2D eigenvalue weighted by Crippen LogP contribution is -2.29. The lowest BCUT2D eigenvalue weighted by molar-refractivity contribution is 0.481. The van der Waals surface area contributed by atoms with Gasteiger partial charge in [0.1, 0.15) is 11.5 Å². The number of hydrogen-bond acceptors (Lipinski definition) is 2. The Morgan fingerprint density at radius 2 is 0.968 bits per heavy atom. The molecule has 0 fully saturated rings. The van der Waals surface area contributed by atoms with Gasteiger partial charge in [-0.3, -0.25) is 0 Å². The van der Waals surface area contributed by atoms with Crippen molar-refractivity contribution in [2.24, 2.45) is 0 Å². The number of nitrogens with zero attached hydrogens (tertiary/aromatic N) is 1. The van der Waals surface area contributed by atoms with Gasteiger partial charge in [-0.15, -0.1) is 0 Å². The highest BCUT2D eigenvalue weighted by Gasteiger charge is 2.47. The Balaban J connectivity index is 1.15. The first-order chi connectivity index (χ1) is 30.0. The molecule has 0 N–H and O–H groups in total. The fourth-order valence-electron chi connectivity index (χ4n) is 10.3. The first-order valence-corrected chi connectivity index (χ1v) is 22.3. The molecule has 8 aromatic carbocycles. The number of ether oxygens (including phenoxy) is 1. The van der Waals surface area contributed by atoms with E-state index in [2.05, 4.69) is 241 Å². The lowest BCUT2D eigenvalue weighted by atomic mass is 9.67. The third kappa shape index (κ3) is 6.39. The van der Waals surface area contributed by atoms with Crippen LogP contribution in [-0.4, -0.2) is 0 Å². The molecule has 2 heteroatoms. The van der Waals surface area contributed by atoms with E-state index in [0.717, 1.165) is 35.0 Å². The van der Waals surface area contributed by atoms with Crippen LogP contribution in [0.2, 0.25) is 0 Å². The first kappa shape index (κ1) is 39.5. The third-order valence-electron chi connectivity index (χ3n) is 13.9. The Morgan fingerprint density at radius 3 is 1.56 bits per heavy atom. The van der Waals surface area contributed by atoms with Gasteiger partial charge < -0.3 is 9.64 Å². The van der Waals surface area contributed by atoms with Crippen LogP contribution in [0.15, 0.2) is 188 Å². The number of hydrogen-bond donors (Lipinski definition) is 0. The minimum atomic E-state index is -0.598. The van der Waals surface area contributed by atoms with E-state index in [1.54, 1.807) is 0 Å². The molecule has 2 nitrogen and oxygen atoms in total. The highest BCUT2D eigenvalue weighted by atomic mass is 16.5. The minimum absolute atomic E-state index is 0.0259. The van der Waals surface area contributed by atoms with Crippen LogP contribution in [0.1, 0.15) is 105 Å². The molecule has 0 aromatic heterocycles. The van der Waals surface area contributed by atoms with Crippen molar-refractivity contribution >= 4 is 17.1 Å². The van der Waals surface area contributed by atoms with Crippen molar-refractivity contribution in [3.05, 3.63) is 233 Å². The summed E-state index contributed by atoms with van der Waals surface area (Å²) < 4.78 is 6.50. The van der Waals surface area contributed by atoms with Crippen molar-refractivity contribution in [1.29, 1.82) is 0 Å². The highest BCUT2D eigenvalue weighted by molar-refractivity contribution is 5.90. The van der Waals surface area contributed by atoms with Gasteiger partial charge in [0.25, 0.3) is 0 Å². The molecule has 2 aliphatic rings. The number of rotatable bonds is 9. The van der Waals surface area contributed by atoms with Crippen LogP contribution in [0.3, 0.4) is 0 Å². The zero-order valence-corrected chi connectivity index (χ0v) is 37.0. The molecule has 62 heavy (non-hydrogen) atoms. The first-order valence-electron chi connectivity index (χ1n) is 22.3. The van der Waals surface area contributed by atoms with Crippen LogP contribution in [0.5, 0.6) is 11.5 Å². The van der Waals surface area contributed by atoms with Crippen LogP contribution in [0, 0.1) is 0 Å². The average molecular weight is 806 g/mol. The predicted octanol–water partition coefficient (Wildman–Crippen LogP) is 16.4. The maximum Gasteiger partial charge on any atom is 0.127 e. The molecule has 0 bridgehead atoms. The summed E-state index contributed by atoms with van der Waals surface area (Å²) in [6, 6.07) is 69.8. The second-order valence-corrected chi connectivity index (χ2v) is 18.9. The second kappa shape index (κ2) is 15.1. The molecule has 0 amide bonds. The fourth-order valence-corrected chi connectivity index (χ4v) is 10.3. The summed E-state index contributed by atoms with van der Waals surface area (Å²) in [4.78, 5) is 2.44. The number of fused-ring (bicyclic) bond motifs is 6. The maximum atomic E-state index is 6.50. The zero-order chi connectivity index (χ0) is 42.8. The van der Waals surface area contributed by atoms with Crippen molar-refractivity contribution in [3.63, 3.8) is 0 Å². The van der Waals surface area contributed by atoms with Crippen molar-refractivity contribution in [3.8, 4) is 33.8 Å². The quantitative estimate of drug-likeness (QED) is 0.144. The van der Waals surface area contributed by atoms with Gasteiger partial charge in [-0.1, -0.05) is 176 Å². The smallest absolute Gasteiger partial charge is 0.127 e. The number of para-hydroxylation sites is 1. The molecule has 2 aliphatic carbocycles. The second-order valence-electron chi connectivity index (χ2n) is 18.9. The van der Waals surface area contributed by atoms with Crippen molar-refractivity contribution < 1.29 is 4.74 Å². The van der Waals surface area contributed by atoms with Crippen molar-refractivity contribution in [2.45, 2.75) is 77.0 Å². The SMILES string of the molecule is CCC(C)c1ccc(Oc2ccc(C3(c4ccc(C(C)(C)C)cc4)c4ccccc4-c4ccc(N(c5ccccc5)c5ccc6c(c5)C(C)(C)c5ccccc5-6)cc43)cc2)cc1. The van der Waals surface area contributed by atoms with E-state index in [9.17, 15) is 0 Å². The predicted molar refractivity (Wildman–Crippen MR) is 260 cm³/mol. The summed E-state index contributed by atoms with van der Waals surface area (Å²) in [6.07, 6.45) is 1.11. The molecule has 0 aliphatic heterocycles. The Labute approximate surface area is 368 Å². The van der Waals surface area contributed by atoms with Gasteiger partial charge in [-0.25, -0.2) is 0 Å². The van der Waals surface area contributed by atoms with E-state index >= 15 is 0 Å². The summed E-state index contributed by atoms with van der Waals surface area (Å²) >= 11 is 0. The van der Waals surface area contributed by atoms with Gasteiger partial charge in [0.2, 0.25) is 0 Å². The normalized spacial score (nSPS) is 16.2. The largest absolute Gasteiger partial charge is 0.457 e. The Bertz CT molecular complexity index is 2920. The molecule has 0 saturated heterocycles. The topological polar surface area (TPSA) is 12.5 Å². The maximum absolute atomic E-state index is 6.50. The van der Waals surface area contributed by atoms with Crippen molar-refractivity contribution in [1.82, 2.24) is 0 Å². The Morgan fingerprint density at radius 1 is 0.484 bits per heavy atom. The summed E-state index contributed by atoms with van der Waals surface area (Å²) in [6.45, 7) is 16.1. The Kier molecular flexibility index (Phi) is 9.60. The Hall–Kier alpha value is -6.64. The molecule has 0 saturated carbocycles. The monoisotopic (exact) mass is 805 g/mol. The molecule has 0 spiro atoms. The summed E-state index contributed by atoms with van der Waals surface area (Å²) in [5, 5.41) is 0. The summed E-state index contributed by atoms with van der Waals surface area (Å²) in [7, 11) is 0. The molecular weight excluding hydrogens is 751 g/mol. The number of anilines is 3. The summed E-state index contributed by atoms with van der Waals surface area (Å²) in [5.41, 5.74) is 18.2. The van der Waals surface area contributed by atoms with Gasteiger partial charge in [0.05, 0.1) is 5.41 Å². The van der Waals surface area contributed by atoms with Crippen LogP contribution in [0.25, 0.3) is 22.3 Å². The molecule has 306 valence electrons. The van der Waals surface area contributed by atoms with E-state index in [1.165, 1.54) is 66.8 Å². The molecule has 10 rings (SSSR count). The molecule has 2 unspecified atom stereocenters. The van der Waals surface area contributed by atoms with E-state index < -0.39 is 5.41 Å². The van der Waals surface area contributed by atoms with E-state index in [4.69, 9.17) is 4.74 Å². The lowest BCUT2D eigenvalue weighted by Gasteiger charge is -2.35. The van der Waals surface area contributed by atoms with Crippen molar-refractivity contribution in [2.75, 3.05) is 4.90 Å². The summed E-state index contributed by atoms with van der Waals surface area (Å²) in [5.74, 6) is 2.19.